The molecule has 2 rings (SSSR count). The van der Waals surface area contributed by atoms with Crippen LogP contribution >= 0.6 is 0 Å². The Kier molecular flexibility index (Phi) is 2.76. The maximum absolute atomic E-state index is 11.6. The van der Waals surface area contributed by atoms with Crippen LogP contribution in [-0.4, -0.2) is 17.0 Å². The lowest BCUT2D eigenvalue weighted by molar-refractivity contribution is 0.0704. The average molecular weight is 230 g/mol. The van der Waals surface area contributed by atoms with Gasteiger partial charge in [-0.1, -0.05) is 30.3 Å². The van der Waals surface area contributed by atoms with Crippen molar-refractivity contribution >= 4 is 22.6 Å². The minimum Gasteiger partial charge on any atom is -0.366 e. The molecule has 0 radical (unpaired) electrons. The molecule has 0 aromatic heterocycles. The first-order chi connectivity index (χ1) is 8.15. The molecule has 5 heteroatoms. The van der Waals surface area contributed by atoms with E-state index >= 15 is 0 Å². The van der Waals surface area contributed by atoms with Crippen molar-refractivity contribution in [2.75, 3.05) is 0 Å². The van der Waals surface area contributed by atoms with Gasteiger partial charge < -0.3 is 5.73 Å². The fourth-order valence-corrected chi connectivity index (χ4v) is 1.78. The van der Waals surface area contributed by atoms with Gasteiger partial charge in [0.2, 0.25) is 5.91 Å². The van der Waals surface area contributed by atoms with E-state index in [9.17, 15) is 9.59 Å². The number of primary amides is 1. The van der Waals surface area contributed by atoms with Gasteiger partial charge in [-0.05, 0) is 16.8 Å². The minimum absolute atomic E-state index is 0.0789. The van der Waals surface area contributed by atoms with Gasteiger partial charge in [-0.2, -0.15) is 0 Å². The summed E-state index contributed by atoms with van der Waals surface area (Å²) in [5.74, 6) is -1.47. The molecule has 4 N–H and O–H groups in total. The summed E-state index contributed by atoms with van der Waals surface area (Å²) in [6.07, 6.45) is 0. The summed E-state index contributed by atoms with van der Waals surface area (Å²) in [5.41, 5.74) is 6.88. The molecular formula is C12H10N2O3. The number of carbonyl (C=O) groups is 2. The molecule has 0 saturated carbocycles. The second kappa shape index (κ2) is 4.23. The van der Waals surface area contributed by atoms with Crippen LogP contribution in [0.3, 0.4) is 0 Å². The molecule has 0 bridgehead atoms. The second-order valence-corrected chi connectivity index (χ2v) is 3.51. The van der Waals surface area contributed by atoms with E-state index in [4.69, 9.17) is 10.9 Å². The molecule has 0 aliphatic heterocycles. The summed E-state index contributed by atoms with van der Waals surface area (Å²) in [6, 6.07) is 10.2. The van der Waals surface area contributed by atoms with Gasteiger partial charge in [0.05, 0.1) is 11.1 Å². The Morgan fingerprint density at radius 1 is 1.12 bits per heavy atom. The van der Waals surface area contributed by atoms with Gasteiger partial charge in [0, 0.05) is 0 Å². The van der Waals surface area contributed by atoms with Crippen molar-refractivity contribution in [2.45, 2.75) is 0 Å². The topological polar surface area (TPSA) is 92.4 Å². The van der Waals surface area contributed by atoms with E-state index in [0.29, 0.717) is 5.39 Å². The summed E-state index contributed by atoms with van der Waals surface area (Å²) in [5, 5.41) is 10.1. The monoisotopic (exact) mass is 230 g/mol. The van der Waals surface area contributed by atoms with Crippen LogP contribution in [0.4, 0.5) is 0 Å². The molecule has 0 heterocycles. The van der Waals surface area contributed by atoms with E-state index in [1.165, 1.54) is 11.5 Å². The van der Waals surface area contributed by atoms with Crippen LogP contribution < -0.4 is 11.2 Å². The normalized spacial score (nSPS) is 10.2. The van der Waals surface area contributed by atoms with Gasteiger partial charge in [-0.15, -0.1) is 0 Å². The lowest BCUT2D eigenvalue weighted by Crippen LogP contribution is -2.24. The lowest BCUT2D eigenvalue weighted by atomic mass is 9.98. The van der Waals surface area contributed by atoms with Crippen LogP contribution in [0.2, 0.25) is 0 Å². The quantitative estimate of drug-likeness (QED) is 0.532. The van der Waals surface area contributed by atoms with Crippen LogP contribution in [0.25, 0.3) is 10.8 Å². The largest absolute Gasteiger partial charge is 0.366 e. The zero-order valence-electron chi connectivity index (χ0n) is 8.81. The molecule has 0 aliphatic rings. The summed E-state index contributed by atoms with van der Waals surface area (Å²) in [7, 11) is 0. The highest BCUT2D eigenvalue weighted by Gasteiger charge is 2.17. The van der Waals surface area contributed by atoms with Crippen LogP contribution in [0.15, 0.2) is 36.4 Å². The van der Waals surface area contributed by atoms with E-state index in [2.05, 4.69) is 0 Å². The molecule has 2 amide bonds. The molecule has 0 spiro atoms. The van der Waals surface area contributed by atoms with Gasteiger partial charge >= 0.3 is 0 Å². The van der Waals surface area contributed by atoms with E-state index in [1.54, 1.807) is 24.3 Å². The van der Waals surface area contributed by atoms with Gasteiger partial charge in [0.25, 0.3) is 5.91 Å². The smallest absolute Gasteiger partial charge is 0.276 e. The number of hydrogen-bond acceptors (Lipinski definition) is 3. The maximum Gasteiger partial charge on any atom is 0.276 e. The fourth-order valence-electron chi connectivity index (χ4n) is 1.78. The van der Waals surface area contributed by atoms with Crippen LogP contribution in [0.1, 0.15) is 20.7 Å². The molecule has 0 unspecified atom stereocenters. The van der Waals surface area contributed by atoms with Crippen molar-refractivity contribution in [1.82, 2.24) is 5.48 Å². The number of benzene rings is 2. The molecule has 2 aromatic rings. The molecule has 0 aliphatic carbocycles. The summed E-state index contributed by atoms with van der Waals surface area (Å²) >= 11 is 0. The highest BCUT2D eigenvalue weighted by Crippen LogP contribution is 2.22. The molecule has 2 aromatic carbocycles. The van der Waals surface area contributed by atoms with Gasteiger partial charge in [-0.3, -0.25) is 14.8 Å². The third-order valence-corrected chi connectivity index (χ3v) is 2.52. The highest BCUT2D eigenvalue weighted by atomic mass is 16.5. The van der Waals surface area contributed by atoms with Crippen molar-refractivity contribution in [3.8, 4) is 0 Å². The van der Waals surface area contributed by atoms with Crippen molar-refractivity contribution in [1.29, 1.82) is 0 Å². The first-order valence-corrected chi connectivity index (χ1v) is 4.91. The second-order valence-electron chi connectivity index (χ2n) is 3.51. The van der Waals surface area contributed by atoms with E-state index in [1.807, 2.05) is 6.07 Å². The molecule has 86 valence electrons. The molecule has 0 saturated heterocycles. The number of hydroxylamine groups is 1. The zero-order chi connectivity index (χ0) is 12.4. The average Bonchev–Trinajstić information content (AvgIpc) is 2.36. The number of nitrogens with one attached hydrogen (secondary N) is 1. The first kappa shape index (κ1) is 11.1. The van der Waals surface area contributed by atoms with Crippen molar-refractivity contribution < 1.29 is 14.8 Å². The summed E-state index contributed by atoms with van der Waals surface area (Å²) in [6.45, 7) is 0. The Balaban J connectivity index is 2.84. The van der Waals surface area contributed by atoms with E-state index in [0.717, 1.165) is 5.39 Å². The Bertz CT molecular complexity index is 608. The van der Waals surface area contributed by atoms with Crippen molar-refractivity contribution in [3.63, 3.8) is 0 Å². The van der Waals surface area contributed by atoms with Gasteiger partial charge in [0.15, 0.2) is 0 Å². The number of nitrogens with two attached hydrogens (primary N) is 1. The first-order valence-electron chi connectivity index (χ1n) is 4.91. The van der Waals surface area contributed by atoms with E-state index in [-0.39, 0.29) is 11.1 Å². The maximum atomic E-state index is 11.6. The SMILES string of the molecule is NC(=O)c1ccc2ccccc2c1C(=O)NO. The number of hydrogen-bond donors (Lipinski definition) is 3. The van der Waals surface area contributed by atoms with Gasteiger partial charge in [-0.25, -0.2) is 5.48 Å². The highest BCUT2D eigenvalue weighted by molar-refractivity contribution is 6.14. The molecule has 0 fully saturated rings. The number of carbonyl (C=O) groups excluding carboxylic acids is 2. The van der Waals surface area contributed by atoms with Crippen molar-refractivity contribution in [2.24, 2.45) is 5.73 Å². The molecule has 0 atom stereocenters. The molecular weight excluding hydrogens is 220 g/mol. The lowest BCUT2D eigenvalue weighted by Gasteiger charge is -2.08. The predicted octanol–water partition coefficient (Wildman–Crippen LogP) is 1.06. The Morgan fingerprint density at radius 3 is 2.47 bits per heavy atom. The number of fused-ring (bicyclic) bond motifs is 1. The Morgan fingerprint density at radius 2 is 1.82 bits per heavy atom. The van der Waals surface area contributed by atoms with Crippen LogP contribution in [0.5, 0.6) is 0 Å². The zero-order valence-corrected chi connectivity index (χ0v) is 8.81. The van der Waals surface area contributed by atoms with Gasteiger partial charge in [0.1, 0.15) is 0 Å². The summed E-state index contributed by atoms with van der Waals surface area (Å²) < 4.78 is 0. The molecule has 5 nitrogen and oxygen atoms in total. The summed E-state index contributed by atoms with van der Waals surface area (Å²) in [4.78, 5) is 22.8. The van der Waals surface area contributed by atoms with Crippen LogP contribution in [0, 0.1) is 0 Å². The third-order valence-electron chi connectivity index (χ3n) is 2.52. The minimum atomic E-state index is -0.754. The Hall–Kier alpha value is -2.40. The fraction of sp³-hybridized carbons (Fsp3) is 0. The standard InChI is InChI=1S/C12H10N2O3/c13-11(15)9-6-5-7-3-1-2-4-8(7)10(9)12(16)14-17/h1-6,17H,(H2,13,15)(H,14,16). The van der Waals surface area contributed by atoms with E-state index < -0.39 is 11.8 Å². The van der Waals surface area contributed by atoms with Crippen LogP contribution in [-0.2, 0) is 0 Å². The predicted molar refractivity (Wildman–Crippen MR) is 61.7 cm³/mol. The third kappa shape index (κ3) is 1.83. The Labute approximate surface area is 96.8 Å². The number of amides is 2. The van der Waals surface area contributed by atoms with Crippen molar-refractivity contribution in [3.05, 3.63) is 47.5 Å². The molecule has 17 heavy (non-hydrogen) atoms. The number of rotatable bonds is 2.